The summed E-state index contributed by atoms with van der Waals surface area (Å²) in [7, 11) is 0. The first-order valence-electron chi connectivity index (χ1n) is 3.46. The van der Waals surface area contributed by atoms with Crippen molar-refractivity contribution in [1.82, 2.24) is 0 Å². The average molecular weight is 281 g/mol. The lowest BCUT2D eigenvalue weighted by Crippen LogP contribution is -2.15. The van der Waals surface area contributed by atoms with Crippen LogP contribution in [0.5, 0.6) is 0 Å². The minimum absolute atomic E-state index is 0.123. The van der Waals surface area contributed by atoms with Gasteiger partial charge in [-0.1, -0.05) is 6.07 Å². The van der Waals surface area contributed by atoms with Crippen LogP contribution in [-0.4, -0.2) is 11.7 Å². The zero-order valence-electron chi connectivity index (χ0n) is 6.30. The Morgan fingerprint density at radius 3 is 2.75 bits per heavy atom. The van der Waals surface area contributed by atoms with Gasteiger partial charge in [0.25, 0.3) is 0 Å². The molecule has 0 aliphatic rings. The quantitative estimate of drug-likeness (QED) is 0.805. The zero-order chi connectivity index (χ0) is 9.14. The van der Waals surface area contributed by atoms with Gasteiger partial charge in [-0.25, -0.2) is 4.39 Å². The van der Waals surface area contributed by atoms with Crippen LogP contribution in [0.4, 0.5) is 4.39 Å². The number of aliphatic hydroxyl groups is 1. The molecule has 0 saturated heterocycles. The van der Waals surface area contributed by atoms with E-state index in [4.69, 9.17) is 10.8 Å². The molecule has 4 heteroatoms. The lowest BCUT2D eigenvalue weighted by molar-refractivity contribution is 0.267. The van der Waals surface area contributed by atoms with Crippen LogP contribution in [0.15, 0.2) is 18.2 Å². The van der Waals surface area contributed by atoms with Crippen molar-refractivity contribution in [3.8, 4) is 0 Å². The molecule has 0 radical (unpaired) electrons. The van der Waals surface area contributed by atoms with Crippen molar-refractivity contribution in [3.63, 3.8) is 0 Å². The average Bonchev–Trinajstić information content (AvgIpc) is 2.03. The van der Waals surface area contributed by atoms with E-state index in [1.165, 1.54) is 12.1 Å². The molecule has 12 heavy (non-hydrogen) atoms. The molecule has 0 saturated carbocycles. The number of hydrogen-bond donors (Lipinski definition) is 2. The molecule has 1 aromatic rings. The Morgan fingerprint density at radius 1 is 1.58 bits per heavy atom. The highest BCUT2D eigenvalue weighted by atomic mass is 127. The third-order valence-electron chi connectivity index (χ3n) is 1.56. The summed E-state index contributed by atoms with van der Waals surface area (Å²) in [5, 5.41) is 8.76. The molecule has 0 spiro atoms. The fourth-order valence-corrected chi connectivity index (χ4v) is 1.78. The second-order valence-corrected chi connectivity index (χ2v) is 3.62. The maximum atomic E-state index is 12.6. The van der Waals surface area contributed by atoms with Gasteiger partial charge in [0.2, 0.25) is 0 Å². The van der Waals surface area contributed by atoms with Crippen LogP contribution in [-0.2, 0) is 0 Å². The van der Waals surface area contributed by atoms with Crippen molar-refractivity contribution >= 4 is 22.6 Å². The van der Waals surface area contributed by atoms with E-state index in [2.05, 4.69) is 0 Å². The Hall–Kier alpha value is -0.200. The van der Waals surface area contributed by atoms with E-state index in [1.54, 1.807) is 6.07 Å². The monoisotopic (exact) mass is 281 g/mol. The van der Waals surface area contributed by atoms with E-state index in [0.29, 0.717) is 0 Å². The fraction of sp³-hybridized carbons (Fsp3) is 0.250. The summed E-state index contributed by atoms with van der Waals surface area (Å²) < 4.78 is 13.4. The Morgan fingerprint density at radius 2 is 2.25 bits per heavy atom. The summed E-state index contributed by atoms with van der Waals surface area (Å²) in [5.41, 5.74) is 6.35. The third-order valence-corrected chi connectivity index (χ3v) is 2.49. The number of rotatable bonds is 2. The van der Waals surface area contributed by atoms with E-state index in [0.717, 1.165) is 9.13 Å². The van der Waals surface area contributed by atoms with Crippen LogP contribution in [0.2, 0.25) is 0 Å². The van der Waals surface area contributed by atoms with E-state index < -0.39 is 6.04 Å². The second-order valence-electron chi connectivity index (χ2n) is 2.45. The van der Waals surface area contributed by atoms with E-state index in [9.17, 15) is 4.39 Å². The molecule has 1 rings (SSSR count). The van der Waals surface area contributed by atoms with Crippen LogP contribution in [0.25, 0.3) is 0 Å². The normalized spacial score (nSPS) is 13.0. The van der Waals surface area contributed by atoms with Crippen LogP contribution >= 0.6 is 22.6 Å². The van der Waals surface area contributed by atoms with Gasteiger partial charge in [0, 0.05) is 3.57 Å². The smallest absolute Gasteiger partial charge is 0.124 e. The molecule has 66 valence electrons. The molecule has 1 atom stereocenters. The topological polar surface area (TPSA) is 46.2 Å². The van der Waals surface area contributed by atoms with Gasteiger partial charge in [-0.2, -0.15) is 0 Å². The van der Waals surface area contributed by atoms with Gasteiger partial charge in [-0.05, 0) is 40.3 Å². The summed E-state index contributed by atoms with van der Waals surface area (Å²) >= 11 is 1.99. The number of nitrogens with two attached hydrogens (primary N) is 1. The maximum absolute atomic E-state index is 12.6. The van der Waals surface area contributed by atoms with Crippen LogP contribution in [0.1, 0.15) is 11.6 Å². The molecule has 3 N–H and O–H groups in total. The van der Waals surface area contributed by atoms with Crippen LogP contribution < -0.4 is 5.73 Å². The molecule has 2 nitrogen and oxygen atoms in total. The van der Waals surface area contributed by atoms with Gasteiger partial charge in [-0.3, -0.25) is 0 Å². The lowest BCUT2D eigenvalue weighted by atomic mass is 10.1. The first-order valence-corrected chi connectivity index (χ1v) is 4.54. The fourth-order valence-electron chi connectivity index (χ4n) is 0.901. The minimum Gasteiger partial charge on any atom is -0.394 e. The predicted octanol–water partition coefficient (Wildman–Crippen LogP) is 1.42. The van der Waals surface area contributed by atoms with Crippen LogP contribution in [0.3, 0.4) is 0 Å². The van der Waals surface area contributed by atoms with Crippen molar-refractivity contribution in [2.24, 2.45) is 5.73 Å². The zero-order valence-corrected chi connectivity index (χ0v) is 8.45. The molecule has 0 heterocycles. The number of aliphatic hydroxyl groups excluding tert-OH is 1. The van der Waals surface area contributed by atoms with Crippen molar-refractivity contribution in [1.29, 1.82) is 0 Å². The summed E-state index contributed by atoms with van der Waals surface area (Å²) in [6.07, 6.45) is 0. The minimum atomic E-state index is -0.419. The molecule has 0 aliphatic heterocycles. The standard InChI is InChI=1S/C8H9FINO/c9-5-1-2-6(7(10)3-5)8(11)4-12/h1-3,8,12H,4,11H2/t8-/m1/s1. The van der Waals surface area contributed by atoms with Crippen molar-refractivity contribution in [2.45, 2.75) is 6.04 Å². The highest BCUT2D eigenvalue weighted by Crippen LogP contribution is 2.18. The first-order chi connectivity index (χ1) is 5.65. The Balaban J connectivity index is 3.01. The van der Waals surface area contributed by atoms with Gasteiger partial charge in [0.15, 0.2) is 0 Å². The largest absolute Gasteiger partial charge is 0.394 e. The first kappa shape index (κ1) is 9.88. The van der Waals surface area contributed by atoms with Gasteiger partial charge < -0.3 is 10.8 Å². The molecule has 0 unspecified atom stereocenters. The molecular weight excluding hydrogens is 272 g/mol. The van der Waals surface area contributed by atoms with Crippen molar-refractivity contribution in [2.75, 3.05) is 6.61 Å². The highest BCUT2D eigenvalue weighted by Gasteiger charge is 2.08. The van der Waals surface area contributed by atoms with Gasteiger partial charge in [0.1, 0.15) is 5.82 Å². The molecule has 1 aromatic carbocycles. The van der Waals surface area contributed by atoms with Crippen LogP contribution in [0, 0.1) is 9.39 Å². The van der Waals surface area contributed by atoms with E-state index >= 15 is 0 Å². The van der Waals surface area contributed by atoms with Gasteiger partial charge in [-0.15, -0.1) is 0 Å². The second kappa shape index (κ2) is 4.15. The van der Waals surface area contributed by atoms with Crippen molar-refractivity contribution < 1.29 is 9.50 Å². The molecule has 0 bridgehead atoms. The summed E-state index contributed by atoms with van der Waals surface area (Å²) in [6.45, 7) is -0.123. The lowest BCUT2D eigenvalue weighted by Gasteiger charge is -2.10. The Kier molecular flexibility index (Phi) is 3.42. The SMILES string of the molecule is N[C@H](CO)c1ccc(F)cc1I. The Labute approximate surface area is 83.7 Å². The van der Waals surface area contributed by atoms with Gasteiger partial charge in [0.05, 0.1) is 12.6 Å². The number of hydrogen-bond acceptors (Lipinski definition) is 2. The Bertz CT molecular complexity index is 280. The molecule has 0 fully saturated rings. The van der Waals surface area contributed by atoms with E-state index in [1.807, 2.05) is 22.6 Å². The summed E-state index contributed by atoms with van der Waals surface area (Å²) in [4.78, 5) is 0. The van der Waals surface area contributed by atoms with Crippen molar-refractivity contribution in [3.05, 3.63) is 33.1 Å². The summed E-state index contributed by atoms with van der Waals surface area (Å²) in [6, 6.07) is 3.91. The van der Waals surface area contributed by atoms with E-state index in [-0.39, 0.29) is 12.4 Å². The highest BCUT2D eigenvalue weighted by molar-refractivity contribution is 14.1. The maximum Gasteiger partial charge on any atom is 0.124 e. The molecular formula is C8H9FINO. The van der Waals surface area contributed by atoms with Gasteiger partial charge >= 0.3 is 0 Å². The molecule has 0 aliphatic carbocycles. The number of benzene rings is 1. The molecule has 0 aromatic heterocycles. The third kappa shape index (κ3) is 2.15. The predicted molar refractivity (Wildman–Crippen MR) is 53.1 cm³/mol. The summed E-state index contributed by atoms with van der Waals surface area (Å²) in [5.74, 6) is -0.284. The molecule has 0 amide bonds. The number of halogens is 2.